The van der Waals surface area contributed by atoms with Gasteiger partial charge in [0.25, 0.3) is 11.5 Å². The van der Waals surface area contributed by atoms with Gasteiger partial charge in [0.05, 0.1) is 64.5 Å². The van der Waals surface area contributed by atoms with Crippen molar-refractivity contribution in [1.82, 2.24) is 50.8 Å². The topological polar surface area (TPSA) is 283 Å². The number of hydrogen-bond acceptors (Lipinski definition) is 16. The van der Waals surface area contributed by atoms with E-state index in [4.69, 9.17) is 15.2 Å². The molecule has 3 heterocycles. The van der Waals surface area contributed by atoms with Gasteiger partial charge in [0.1, 0.15) is 0 Å². The number of hydrogen-bond donors (Lipinski definition) is 8. The predicted molar refractivity (Wildman–Crippen MR) is 191 cm³/mol. The monoisotopic (exact) mass is 742 g/mol. The van der Waals surface area contributed by atoms with Crippen molar-refractivity contribution in [3.8, 4) is 0 Å². The summed E-state index contributed by atoms with van der Waals surface area (Å²) >= 11 is 0. The minimum atomic E-state index is -0.961. The first-order valence-corrected chi connectivity index (χ1v) is 17.0. The molecule has 21 heteroatoms. The third-order valence-corrected chi connectivity index (χ3v) is 7.90. The molecule has 4 rings (SSSR count). The molecule has 53 heavy (non-hydrogen) atoms. The Balaban J connectivity index is 1.02. The van der Waals surface area contributed by atoms with Crippen LogP contribution in [0.15, 0.2) is 35.3 Å². The fraction of sp³-hybridized carbons (Fsp3) is 0.500. The van der Waals surface area contributed by atoms with Crippen LogP contribution in [0.4, 0.5) is 11.6 Å². The molecular weight excluding hydrogens is 696 g/mol. The van der Waals surface area contributed by atoms with Crippen LogP contribution in [0.5, 0.6) is 0 Å². The molecule has 3 aromatic rings. The molecule has 0 aliphatic carbocycles. The maximum atomic E-state index is 12.5. The number of carbonyl (C=O) groups excluding carboxylic acids is 2. The number of nitrogens with zero attached hydrogens (tertiary/aromatic N) is 6. The van der Waals surface area contributed by atoms with Crippen molar-refractivity contribution in [1.29, 1.82) is 0 Å². The number of carboxylic acids is 2. The maximum absolute atomic E-state index is 12.5. The molecule has 2 aromatic heterocycles. The van der Waals surface area contributed by atoms with Crippen LogP contribution in [0.2, 0.25) is 0 Å². The van der Waals surface area contributed by atoms with E-state index >= 15 is 0 Å². The number of fused-ring (bicyclic) bond motifs is 1. The number of rotatable bonds is 20. The predicted octanol–water partition coefficient (Wildman–Crippen LogP) is -2.62. The molecule has 2 amide bonds. The zero-order chi connectivity index (χ0) is 38.0. The Hall–Kier alpha value is -5.32. The molecule has 0 unspecified atom stereocenters. The zero-order valence-corrected chi connectivity index (χ0v) is 29.2. The van der Waals surface area contributed by atoms with Crippen molar-refractivity contribution in [3.05, 3.63) is 52.1 Å². The molecule has 21 nitrogen and oxygen atoms in total. The molecule has 1 saturated heterocycles. The highest BCUT2D eigenvalue weighted by Crippen LogP contribution is 2.11. The Morgan fingerprint density at radius 2 is 1.40 bits per heavy atom. The van der Waals surface area contributed by atoms with Gasteiger partial charge < -0.3 is 36.1 Å². The van der Waals surface area contributed by atoms with Gasteiger partial charge in [-0.2, -0.15) is 4.98 Å². The number of benzene rings is 1. The van der Waals surface area contributed by atoms with Crippen molar-refractivity contribution >= 4 is 46.6 Å². The van der Waals surface area contributed by atoms with E-state index in [1.807, 2.05) is 4.90 Å². The summed E-state index contributed by atoms with van der Waals surface area (Å²) in [6, 6.07) is 6.79. The molecule has 0 saturated carbocycles. The molecular formula is C32H46N12O9. The van der Waals surface area contributed by atoms with Crippen LogP contribution in [-0.4, -0.2) is 167 Å². The molecule has 1 fully saturated rings. The van der Waals surface area contributed by atoms with Gasteiger partial charge in [-0.25, -0.2) is 15.4 Å². The van der Waals surface area contributed by atoms with E-state index in [0.717, 1.165) is 5.69 Å². The number of carbonyl (C=O) groups is 4. The highest BCUT2D eigenvalue weighted by Gasteiger charge is 2.20. The maximum Gasteiger partial charge on any atom is 0.317 e. The van der Waals surface area contributed by atoms with Crippen molar-refractivity contribution in [2.45, 2.75) is 6.54 Å². The van der Waals surface area contributed by atoms with Crippen molar-refractivity contribution in [2.75, 3.05) is 109 Å². The second-order valence-electron chi connectivity index (χ2n) is 12.0. The van der Waals surface area contributed by atoms with Crippen LogP contribution in [0.25, 0.3) is 11.2 Å². The first-order chi connectivity index (χ1) is 25.5. The van der Waals surface area contributed by atoms with Gasteiger partial charge in [0.2, 0.25) is 11.9 Å². The second-order valence-corrected chi connectivity index (χ2v) is 12.0. The van der Waals surface area contributed by atoms with E-state index < -0.39 is 17.5 Å². The molecule has 9 N–H and O–H groups in total. The smallest absolute Gasteiger partial charge is 0.317 e. The lowest BCUT2D eigenvalue weighted by Gasteiger charge is -2.24. The molecule has 0 radical (unpaired) electrons. The Labute approximate surface area is 304 Å². The number of carboxylic acid groups (broad SMARTS) is 2. The lowest BCUT2D eigenvalue weighted by molar-refractivity contribution is -0.140. The summed E-state index contributed by atoms with van der Waals surface area (Å²) in [6.45, 7) is 4.67. The zero-order valence-electron chi connectivity index (χ0n) is 29.2. The number of ether oxygens (including phenoxy) is 2. The summed E-state index contributed by atoms with van der Waals surface area (Å²) in [5, 5.41) is 24.3. The Morgan fingerprint density at radius 1 is 0.811 bits per heavy atom. The molecule has 0 spiro atoms. The van der Waals surface area contributed by atoms with Crippen molar-refractivity contribution in [2.24, 2.45) is 0 Å². The number of H-pyrrole nitrogens is 1. The quantitative estimate of drug-likeness (QED) is 0.0434. The Bertz CT molecular complexity index is 1700. The average Bonchev–Trinajstić information content (AvgIpc) is 3.20. The standard InChI is InChI=1S/C32H46N12O9/c33-32-39-29-28(31(51)40-32)38-24(18-36-29)17-35-23-3-1-22(2-4-23)30(50)41-37-6-14-53-16-15-52-13-5-34-25(45)19-42-7-9-43(20-26(46)47)11-12-44(10-8-42)21-27(48)49/h1-4,18,35,37H,5-17,19-21H2,(H,34,45)(H,41,50)(H,46,47)(H,48,49)(H3,33,36,39,40,51). The summed E-state index contributed by atoms with van der Waals surface area (Å²) in [4.78, 5) is 79.6. The summed E-state index contributed by atoms with van der Waals surface area (Å²) < 4.78 is 11.0. The van der Waals surface area contributed by atoms with Gasteiger partial charge in [-0.1, -0.05) is 0 Å². The van der Waals surface area contributed by atoms with Gasteiger partial charge >= 0.3 is 11.9 Å². The first kappa shape index (κ1) is 40.5. The summed E-state index contributed by atoms with van der Waals surface area (Å²) in [7, 11) is 0. The van der Waals surface area contributed by atoms with Crippen LogP contribution < -0.4 is 32.8 Å². The third-order valence-electron chi connectivity index (χ3n) is 7.90. The minimum absolute atomic E-state index is 0.0322. The SMILES string of the molecule is Nc1nc2ncc(CNc3ccc(C(=O)NNCCOCCOCCNC(=O)CN4CCN(CC(=O)O)CCN(CC(=O)O)CC4)cc3)nc2c(=O)[nH]1. The van der Waals surface area contributed by atoms with Gasteiger partial charge in [-0.05, 0) is 24.3 Å². The third kappa shape index (κ3) is 14.7. The summed E-state index contributed by atoms with van der Waals surface area (Å²) in [5.74, 6) is -2.49. The van der Waals surface area contributed by atoms with Crippen LogP contribution in [0, 0.1) is 0 Å². The van der Waals surface area contributed by atoms with Crippen LogP contribution >= 0.6 is 0 Å². The van der Waals surface area contributed by atoms with E-state index in [0.29, 0.717) is 90.0 Å². The number of aromatic nitrogens is 4. The number of aliphatic carboxylic acids is 2. The lowest BCUT2D eigenvalue weighted by atomic mass is 10.2. The van der Waals surface area contributed by atoms with E-state index in [1.54, 1.807) is 34.1 Å². The molecule has 1 aliphatic rings. The lowest BCUT2D eigenvalue weighted by Crippen LogP contribution is -2.43. The van der Waals surface area contributed by atoms with E-state index in [-0.39, 0.29) is 55.2 Å². The number of anilines is 2. The van der Waals surface area contributed by atoms with E-state index in [2.05, 4.69) is 41.4 Å². The number of nitrogens with two attached hydrogens (primary N) is 1. The molecule has 1 aromatic carbocycles. The fourth-order valence-corrected chi connectivity index (χ4v) is 5.21. The van der Waals surface area contributed by atoms with Gasteiger partial charge in [0.15, 0.2) is 11.2 Å². The Kier molecular flexibility index (Phi) is 16.2. The summed E-state index contributed by atoms with van der Waals surface area (Å²) in [6.07, 6.45) is 1.50. The number of hydrazine groups is 1. The number of aromatic amines is 1. The number of nitrogen functional groups attached to an aromatic ring is 1. The molecule has 0 atom stereocenters. The average molecular weight is 743 g/mol. The van der Waals surface area contributed by atoms with Crippen LogP contribution in [0.1, 0.15) is 16.1 Å². The van der Waals surface area contributed by atoms with E-state index in [1.165, 1.54) is 6.20 Å². The van der Waals surface area contributed by atoms with Crippen LogP contribution in [0.3, 0.4) is 0 Å². The molecule has 288 valence electrons. The van der Waals surface area contributed by atoms with Crippen LogP contribution in [-0.2, 0) is 30.4 Å². The summed E-state index contributed by atoms with van der Waals surface area (Å²) in [5.41, 5.74) is 12.4. The molecule has 1 aliphatic heterocycles. The second kappa shape index (κ2) is 21.3. The largest absolute Gasteiger partial charge is 0.480 e. The highest BCUT2D eigenvalue weighted by atomic mass is 16.5. The fourth-order valence-electron chi connectivity index (χ4n) is 5.21. The number of amides is 2. The normalized spacial score (nSPS) is 14.6. The Morgan fingerprint density at radius 3 is 2.00 bits per heavy atom. The van der Waals surface area contributed by atoms with E-state index in [9.17, 15) is 34.2 Å². The van der Waals surface area contributed by atoms with Gasteiger partial charge in [-0.3, -0.25) is 49.1 Å². The first-order valence-electron chi connectivity index (χ1n) is 17.0. The van der Waals surface area contributed by atoms with Gasteiger partial charge in [-0.15, -0.1) is 0 Å². The number of nitrogens with one attached hydrogen (secondary N) is 5. The minimum Gasteiger partial charge on any atom is -0.480 e. The van der Waals surface area contributed by atoms with Crippen molar-refractivity contribution in [3.63, 3.8) is 0 Å². The highest BCUT2D eigenvalue weighted by molar-refractivity contribution is 5.94. The van der Waals surface area contributed by atoms with Crippen molar-refractivity contribution < 1.29 is 38.9 Å². The molecule has 0 bridgehead atoms. The van der Waals surface area contributed by atoms with Gasteiger partial charge in [0, 0.05) is 63.6 Å².